The average molecular weight is 351 g/mol. The van der Waals surface area contributed by atoms with E-state index in [4.69, 9.17) is 4.52 Å². The van der Waals surface area contributed by atoms with Crippen LogP contribution in [-0.4, -0.2) is 37.2 Å². The van der Waals surface area contributed by atoms with Crippen molar-refractivity contribution in [2.45, 2.75) is 51.7 Å². The van der Waals surface area contributed by atoms with Gasteiger partial charge in [-0.25, -0.2) is 4.98 Å². The summed E-state index contributed by atoms with van der Waals surface area (Å²) in [5, 5.41) is 4.20. The first-order valence-electron chi connectivity index (χ1n) is 9.38. The summed E-state index contributed by atoms with van der Waals surface area (Å²) >= 11 is 0. The molecule has 136 valence electrons. The van der Waals surface area contributed by atoms with Crippen LogP contribution in [0.2, 0.25) is 0 Å². The Kier molecular flexibility index (Phi) is 5.11. The summed E-state index contributed by atoms with van der Waals surface area (Å²) in [6.07, 6.45) is 10.7. The molecule has 0 N–H and O–H groups in total. The molecule has 0 unspecified atom stereocenters. The zero-order valence-electron chi connectivity index (χ0n) is 15.2. The maximum Gasteiger partial charge on any atom is 0.151 e. The van der Waals surface area contributed by atoms with Crippen LogP contribution < -0.4 is 0 Å². The van der Waals surface area contributed by atoms with Crippen LogP contribution >= 0.6 is 0 Å². The van der Waals surface area contributed by atoms with Crippen molar-refractivity contribution >= 4 is 0 Å². The standard InChI is InChI=1S/C20H25N5O/c1-16-21-10-13-24(16)12-8-17-6-3-5-11-25(17)15-18-14-20(23-26-18)19-7-2-4-9-22-19/h2,4,7,9-10,13-14,17H,3,5-6,8,11-12,15H2,1H3/t17-/m1/s1. The van der Waals surface area contributed by atoms with Crippen LogP contribution in [0.1, 0.15) is 37.3 Å². The number of imidazole rings is 1. The Morgan fingerprint density at radius 3 is 2.92 bits per heavy atom. The highest BCUT2D eigenvalue weighted by Crippen LogP contribution is 2.24. The number of pyridine rings is 1. The molecule has 1 aliphatic rings. The van der Waals surface area contributed by atoms with Gasteiger partial charge in [0, 0.05) is 37.2 Å². The molecule has 0 bridgehead atoms. The molecule has 0 aromatic carbocycles. The molecule has 6 nitrogen and oxygen atoms in total. The van der Waals surface area contributed by atoms with Crippen molar-refractivity contribution in [2.24, 2.45) is 0 Å². The molecule has 3 aromatic rings. The van der Waals surface area contributed by atoms with Gasteiger partial charge in [-0.2, -0.15) is 0 Å². The fraction of sp³-hybridized carbons (Fsp3) is 0.450. The average Bonchev–Trinajstić information content (AvgIpc) is 3.31. The minimum atomic E-state index is 0.578. The molecule has 4 rings (SSSR count). The van der Waals surface area contributed by atoms with Crippen molar-refractivity contribution in [3.8, 4) is 11.4 Å². The zero-order valence-corrected chi connectivity index (χ0v) is 15.2. The third-order valence-corrected chi connectivity index (χ3v) is 5.22. The fourth-order valence-electron chi connectivity index (χ4n) is 3.75. The van der Waals surface area contributed by atoms with Crippen molar-refractivity contribution < 1.29 is 4.52 Å². The lowest BCUT2D eigenvalue weighted by atomic mass is 9.99. The molecule has 1 aliphatic heterocycles. The monoisotopic (exact) mass is 351 g/mol. The Morgan fingerprint density at radius 2 is 2.12 bits per heavy atom. The van der Waals surface area contributed by atoms with E-state index < -0.39 is 0 Å². The highest BCUT2D eigenvalue weighted by Gasteiger charge is 2.24. The summed E-state index contributed by atoms with van der Waals surface area (Å²) in [5.74, 6) is 2.00. The predicted molar refractivity (Wildman–Crippen MR) is 99.4 cm³/mol. The summed E-state index contributed by atoms with van der Waals surface area (Å²) in [6, 6.07) is 8.43. The fourth-order valence-corrected chi connectivity index (χ4v) is 3.75. The Bertz CT molecular complexity index is 826. The van der Waals surface area contributed by atoms with E-state index in [0.29, 0.717) is 6.04 Å². The van der Waals surface area contributed by atoms with E-state index in [1.54, 1.807) is 6.20 Å². The second-order valence-corrected chi connectivity index (χ2v) is 6.97. The molecule has 0 amide bonds. The molecule has 0 saturated carbocycles. The number of aromatic nitrogens is 4. The SMILES string of the molecule is Cc1nccn1CC[C@H]1CCCCN1Cc1cc(-c2ccccn2)no1. The topological polar surface area (TPSA) is 60.0 Å². The van der Waals surface area contributed by atoms with Crippen molar-refractivity contribution in [3.05, 3.63) is 54.4 Å². The summed E-state index contributed by atoms with van der Waals surface area (Å²) in [5.41, 5.74) is 1.66. The van der Waals surface area contributed by atoms with Gasteiger partial charge in [0.25, 0.3) is 0 Å². The van der Waals surface area contributed by atoms with Crippen LogP contribution in [0, 0.1) is 6.92 Å². The van der Waals surface area contributed by atoms with Gasteiger partial charge in [0.05, 0.1) is 12.2 Å². The first-order chi connectivity index (χ1) is 12.8. The maximum absolute atomic E-state index is 5.59. The molecule has 0 aliphatic carbocycles. The third kappa shape index (κ3) is 3.85. The minimum absolute atomic E-state index is 0.578. The van der Waals surface area contributed by atoms with Crippen LogP contribution in [0.4, 0.5) is 0 Å². The van der Waals surface area contributed by atoms with E-state index in [1.807, 2.05) is 30.5 Å². The molecule has 6 heteroatoms. The molecule has 4 heterocycles. The molecule has 0 spiro atoms. The second kappa shape index (κ2) is 7.83. The summed E-state index contributed by atoms with van der Waals surface area (Å²) in [6.45, 7) is 5.01. The largest absolute Gasteiger partial charge is 0.359 e. The Labute approximate surface area is 153 Å². The van der Waals surface area contributed by atoms with Crippen LogP contribution in [0.15, 0.2) is 47.4 Å². The summed E-state index contributed by atoms with van der Waals surface area (Å²) in [4.78, 5) is 11.2. The number of aryl methyl sites for hydroxylation is 2. The number of piperidine rings is 1. The van der Waals surface area contributed by atoms with Crippen LogP contribution in [0.5, 0.6) is 0 Å². The third-order valence-electron chi connectivity index (χ3n) is 5.22. The van der Waals surface area contributed by atoms with Gasteiger partial charge < -0.3 is 9.09 Å². The van der Waals surface area contributed by atoms with Gasteiger partial charge >= 0.3 is 0 Å². The molecular weight excluding hydrogens is 326 g/mol. The lowest BCUT2D eigenvalue weighted by Gasteiger charge is -2.35. The van der Waals surface area contributed by atoms with E-state index in [0.717, 1.165) is 49.0 Å². The molecule has 1 atom stereocenters. The van der Waals surface area contributed by atoms with E-state index in [9.17, 15) is 0 Å². The zero-order chi connectivity index (χ0) is 17.8. The Hall–Kier alpha value is -2.47. The van der Waals surface area contributed by atoms with Gasteiger partial charge in [-0.05, 0) is 44.9 Å². The number of rotatable bonds is 6. The van der Waals surface area contributed by atoms with Crippen molar-refractivity contribution in [1.29, 1.82) is 0 Å². The number of likely N-dealkylation sites (tertiary alicyclic amines) is 1. The number of hydrogen-bond donors (Lipinski definition) is 0. The molecule has 0 radical (unpaired) electrons. The first kappa shape index (κ1) is 17.0. The smallest absolute Gasteiger partial charge is 0.151 e. The molecule has 1 saturated heterocycles. The van der Waals surface area contributed by atoms with E-state index in [2.05, 4.69) is 37.7 Å². The Balaban J connectivity index is 1.40. The molecule has 3 aromatic heterocycles. The Morgan fingerprint density at radius 1 is 1.15 bits per heavy atom. The normalized spacial score (nSPS) is 18.3. The van der Waals surface area contributed by atoms with Crippen LogP contribution in [0.25, 0.3) is 11.4 Å². The van der Waals surface area contributed by atoms with E-state index in [-0.39, 0.29) is 0 Å². The molecule has 1 fully saturated rings. The predicted octanol–water partition coefficient (Wildman–Crippen LogP) is 3.69. The van der Waals surface area contributed by atoms with Crippen LogP contribution in [-0.2, 0) is 13.1 Å². The maximum atomic E-state index is 5.59. The lowest BCUT2D eigenvalue weighted by molar-refractivity contribution is 0.116. The summed E-state index contributed by atoms with van der Waals surface area (Å²) in [7, 11) is 0. The minimum Gasteiger partial charge on any atom is -0.359 e. The van der Waals surface area contributed by atoms with Gasteiger partial charge in [0.2, 0.25) is 0 Å². The van der Waals surface area contributed by atoms with E-state index >= 15 is 0 Å². The number of hydrogen-bond acceptors (Lipinski definition) is 5. The van der Waals surface area contributed by atoms with Gasteiger partial charge in [0.1, 0.15) is 11.5 Å². The van der Waals surface area contributed by atoms with Crippen molar-refractivity contribution in [1.82, 2.24) is 24.6 Å². The van der Waals surface area contributed by atoms with Crippen LogP contribution in [0.3, 0.4) is 0 Å². The molecular formula is C20H25N5O. The van der Waals surface area contributed by atoms with Gasteiger partial charge in [0.15, 0.2) is 5.76 Å². The van der Waals surface area contributed by atoms with Gasteiger partial charge in [-0.15, -0.1) is 0 Å². The van der Waals surface area contributed by atoms with Crippen molar-refractivity contribution in [3.63, 3.8) is 0 Å². The molecule has 26 heavy (non-hydrogen) atoms. The van der Waals surface area contributed by atoms with E-state index in [1.165, 1.54) is 19.3 Å². The highest BCUT2D eigenvalue weighted by atomic mass is 16.5. The lowest BCUT2D eigenvalue weighted by Crippen LogP contribution is -2.39. The quantitative estimate of drug-likeness (QED) is 0.678. The summed E-state index contributed by atoms with van der Waals surface area (Å²) < 4.78 is 7.83. The highest BCUT2D eigenvalue weighted by molar-refractivity contribution is 5.52. The van der Waals surface area contributed by atoms with Gasteiger partial charge in [-0.1, -0.05) is 17.6 Å². The second-order valence-electron chi connectivity index (χ2n) is 6.97. The van der Waals surface area contributed by atoms with Crippen molar-refractivity contribution in [2.75, 3.05) is 6.54 Å². The van der Waals surface area contributed by atoms with Gasteiger partial charge in [-0.3, -0.25) is 9.88 Å². The first-order valence-corrected chi connectivity index (χ1v) is 9.38. The number of nitrogens with zero attached hydrogens (tertiary/aromatic N) is 5.